The average molecular weight is 353 g/mol. The number of rotatable bonds is 4. The lowest BCUT2D eigenvalue weighted by atomic mass is 10.1. The average Bonchev–Trinajstić information content (AvgIpc) is 3.23. The Hall–Kier alpha value is -1.86. The number of aryl methyl sites for hydroxylation is 1. The second kappa shape index (κ2) is 7.36. The number of carbonyl (C=O) groups excluding carboxylic acids is 1. The van der Waals surface area contributed by atoms with Gasteiger partial charge in [0.15, 0.2) is 0 Å². The maximum absolute atomic E-state index is 12.6. The van der Waals surface area contributed by atoms with E-state index in [9.17, 15) is 4.79 Å². The largest absolute Gasteiger partial charge is 0.472 e. The van der Waals surface area contributed by atoms with E-state index < -0.39 is 0 Å². The molecule has 8 heteroatoms. The molecular weight excluding hydrogens is 332 g/mol. The molecule has 2 fully saturated rings. The Bertz CT molecular complexity index is 659. The van der Waals surface area contributed by atoms with Crippen molar-refractivity contribution >= 4 is 18.3 Å². The number of carbonyl (C=O) groups is 1. The SMILES string of the molecule is Cl.O=C(CCc1nc(-c2ccoc2)no1)N1C2CCNCC1CC2. The molecule has 4 rings (SSSR count). The third-order valence-corrected chi connectivity index (χ3v) is 4.74. The van der Waals surface area contributed by atoms with Crippen molar-refractivity contribution in [3.63, 3.8) is 0 Å². The summed E-state index contributed by atoms with van der Waals surface area (Å²) in [7, 11) is 0. The molecule has 1 N–H and O–H groups in total. The van der Waals surface area contributed by atoms with Gasteiger partial charge in [0, 0.05) is 31.5 Å². The van der Waals surface area contributed by atoms with E-state index in [0.717, 1.165) is 37.9 Å². The molecule has 0 spiro atoms. The van der Waals surface area contributed by atoms with Crippen molar-refractivity contribution in [1.82, 2.24) is 20.4 Å². The highest BCUT2D eigenvalue weighted by Crippen LogP contribution is 2.28. The maximum atomic E-state index is 12.6. The lowest BCUT2D eigenvalue weighted by Gasteiger charge is -2.27. The number of nitrogens with zero attached hydrogens (tertiary/aromatic N) is 3. The standard InChI is InChI=1S/C16H20N4O3.ClH/c21-15(20-12-1-2-13(20)9-17-7-5-12)4-3-14-18-16(19-23-14)11-6-8-22-10-11;/h6,8,10,12-13,17H,1-5,7,9H2;1H. The van der Waals surface area contributed by atoms with Crippen molar-refractivity contribution in [3.05, 3.63) is 24.5 Å². The first-order valence-electron chi connectivity index (χ1n) is 8.18. The van der Waals surface area contributed by atoms with Gasteiger partial charge in [-0.15, -0.1) is 12.4 Å². The van der Waals surface area contributed by atoms with E-state index in [-0.39, 0.29) is 18.3 Å². The highest BCUT2D eigenvalue weighted by atomic mass is 35.5. The summed E-state index contributed by atoms with van der Waals surface area (Å²) in [5.74, 6) is 1.19. The van der Waals surface area contributed by atoms with E-state index in [0.29, 0.717) is 36.6 Å². The van der Waals surface area contributed by atoms with Gasteiger partial charge in [-0.25, -0.2) is 0 Å². The number of nitrogens with one attached hydrogen (secondary N) is 1. The third-order valence-electron chi connectivity index (χ3n) is 4.74. The van der Waals surface area contributed by atoms with E-state index in [1.165, 1.54) is 0 Å². The van der Waals surface area contributed by atoms with Crippen LogP contribution in [0.25, 0.3) is 11.4 Å². The van der Waals surface area contributed by atoms with Gasteiger partial charge in [-0.3, -0.25) is 4.79 Å². The zero-order valence-electron chi connectivity index (χ0n) is 13.3. The molecule has 0 radical (unpaired) electrons. The Balaban J connectivity index is 0.00000169. The summed E-state index contributed by atoms with van der Waals surface area (Å²) in [4.78, 5) is 19.0. The number of furan rings is 1. The van der Waals surface area contributed by atoms with Crippen LogP contribution in [0.5, 0.6) is 0 Å². The number of fused-ring (bicyclic) bond motifs is 2. The molecule has 0 aromatic carbocycles. The summed E-state index contributed by atoms with van der Waals surface area (Å²) >= 11 is 0. The molecule has 0 saturated carbocycles. The van der Waals surface area contributed by atoms with Gasteiger partial charge in [-0.05, 0) is 31.9 Å². The normalized spacial score (nSPS) is 22.9. The van der Waals surface area contributed by atoms with Crippen LogP contribution in [0.15, 0.2) is 27.5 Å². The molecule has 2 bridgehead atoms. The molecular formula is C16H21ClN4O3. The molecule has 7 nitrogen and oxygen atoms in total. The maximum Gasteiger partial charge on any atom is 0.227 e. The monoisotopic (exact) mass is 352 g/mol. The van der Waals surface area contributed by atoms with E-state index in [1.807, 2.05) is 0 Å². The first-order valence-corrected chi connectivity index (χ1v) is 8.18. The van der Waals surface area contributed by atoms with Crippen LogP contribution < -0.4 is 5.32 Å². The number of hydrogen-bond acceptors (Lipinski definition) is 6. The zero-order chi connectivity index (χ0) is 15.6. The molecule has 2 aromatic heterocycles. The zero-order valence-corrected chi connectivity index (χ0v) is 14.1. The van der Waals surface area contributed by atoms with Crippen LogP contribution in [-0.4, -0.2) is 46.1 Å². The first kappa shape index (κ1) is 17.0. The summed E-state index contributed by atoms with van der Waals surface area (Å²) in [6.45, 7) is 1.91. The van der Waals surface area contributed by atoms with Crippen LogP contribution in [0.2, 0.25) is 0 Å². The Labute approximate surface area is 146 Å². The van der Waals surface area contributed by atoms with Gasteiger partial charge in [0.25, 0.3) is 0 Å². The lowest BCUT2D eigenvalue weighted by Crippen LogP contribution is -2.42. The molecule has 4 heterocycles. The summed E-state index contributed by atoms with van der Waals surface area (Å²) in [5.41, 5.74) is 0.781. The minimum absolute atomic E-state index is 0. The van der Waals surface area contributed by atoms with E-state index >= 15 is 0 Å². The van der Waals surface area contributed by atoms with Crippen molar-refractivity contribution in [2.45, 2.75) is 44.2 Å². The van der Waals surface area contributed by atoms with Gasteiger partial charge in [0.1, 0.15) is 6.26 Å². The van der Waals surface area contributed by atoms with Crippen LogP contribution in [0.1, 0.15) is 31.6 Å². The van der Waals surface area contributed by atoms with Gasteiger partial charge < -0.3 is 19.2 Å². The van der Waals surface area contributed by atoms with Crippen LogP contribution in [0.4, 0.5) is 0 Å². The summed E-state index contributed by atoms with van der Waals surface area (Å²) in [6, 6.07) is 2.52. The topological polar surface area (TPSA) is 84.4 Å². The predicted molar refractivity (Wildman–Crippen MR) is 88.7 cm³/mol. The minimum Gasteiger partial charge on any atom is -0.472 e. The number of amides is 1. The van der Waals surface area contributed by atoms with Crippen LogP contribution in [0.3, 0.4) is 0 Å². The number of halogens is 1. The fourth-order valence-corrected chi connectivity index (χ4v) is 3.60. The fraction of sp³-hybridized carbons (Fsp3) is 0.562. The molecule has 130 valence electrons. The molecule has 1 amide bonds. The molecule has 2 atom stereocenters. The molecule has 2 aliphatic heterocycles. The number of aromatic nitrogens is 2. The van der Waals surface area contributed by atoms with Crippen molar-refractivity contribution in [2.75, 3.05) is 13.1 Å². The third kappa shape index (κ3) is 3.32. The fourth-order valence-electron chi connectivity index (χ4n) is 3.60. The minimum atomic E-state index is 0. The molecule has 2 aliphatic rings. The molecule has 24 heavy (non-hydrogen) atoms. The van der Waals surface area contributed by atoms with Gasteiger partial charge >= 0.3 is 0 Å². The predicted octanol–water partition coefficient (Wildman–Crippen LogP) is 2.04. The van der Waals surface area contributed by atoms with Crippen LogP contribution in [-0.2, 0) is 11.2 Å². The molecule has 2 aromatic rings. The van der Waals surface area contributed by atoms with E-state index in [1.54, 1.807) is 18.6 Å². The summed E-state index contributed by atoms with van der Waals surface area (Å²) in [6.07, 6.45) is 7.32. The second-order valence-electron chi connectivity index (χ2n) is 6.20. The van der Waals surface area contributed by atoms with Crippen molar-refractivity contribution in [3.8, 4) is 11.4 Å². The van der Waals surface area contributed by atoms with Crippen molar-refractivity contribution < 1.29 is 13.7 Å². The van der Waals surface area contributed by atoms with E-state index in [4.69, 9.17) is 8.94 Å². The van der Waals surface area contributed by atoms with Gasteiger partial charge in [-0.2, -0.15) is 4.98 Å². The Kier molecular flexibility index (Phi) is 5.20. The Morgan fingerprint density at radius 3 is 3.04 bits per heavy atom. The summed E-state index contributed by atoms with van der Waals surface area (Å²) < 4.78 is 10.2. The van der Waals surface area contributed by atoms with E-state index in [2.05, 4.69) is 20.4 Å². The smallest absolute Gasteiger partial charge is 0.227 e. The van der Waals surface area contributed by atoms with Crippen LogP contribution in [0, 0.1) is 0 Å². The highest BCUT2D eigenvalue weighted by molar-refractivity contribution is 5.85. The Morgan fingerprint density at radius 2 is 2.21 bits per heavy atom. The molecule has 0 aliphatic carbocycles. The van der Waals surface area contributed by atoms with Gasteiger partial charge in [0.05, 0.1) is 11.8 Å². The number of hydrogen-bond donors (Lipinski definition) is 1. The highest BCUT2D eigenvalue weighted by Gasteiger charge is 2.37. The van der Waals surface area contributed by atoms with Gasteiger partial charge in [0.2, 0.25) is 17.6 Å². The molecule has 2 saturated heterocycles. The lowest BCUT2D eigenvalue weighted by molar-refractivity contribution is -0.133. The van der Waals surface area contributed by atoms with Gasteiger partial charge in [-0.1, -0.05) is 5.16 Å². The van der Waals surface area contributed by atoms with Crippen molar-refractivity contribution in [2.24, 2.45) is 0 Å². The van der Waals surface area contributed by atoms with Crippen molar-refractivity contribution in [1.29, 1.82) is 0 Å². The quantitative estimate of drug-likeness (QED) is 0.906. The van der Waals surface area contributed by atoms with Crippen LogP contribution >= 0.6 is 12.4 Å². The summed E-state index contributed by atoms with van der Waals surface area (Å²) in [5, 5.41) is 7.34. The Morgan fingerprint density at radius 1 is 1.33 bits per heavy atom. The first-order chi connectivity index (χ1) is 11.3. The second-order valence-corrected chi connectivity index (χ2v) is 6.20. The molecule has 2 unspecified atom stereocenters.